The van der Waals surface area contributed by atoms with Gasteiger partial charge in [-0.15, -0.1) is 0 Å². The van der Waals surface area contributed by atoms with Gasteiger partial charge < -0.3 is 14.8 Å². The third-order valence-corrected chi connectivity index (χ3v) is 4.03. The van der Waals surface area contributed by atoms with Crippen LogP contribution >= 0.6 is 11.6 Å². The molecule has 1 saturated heterocycles. The molecule has 1 aliphatic rings. The van der Waals surface area contributed by atoms with Crippen molar-refractivity contribution in [3.05, 3.63) is 53.6 Å². The molecule has 2 aromatic carbocycles. The van der Waals surface area contributed by atoms with E-state index in [2.05, 4.69) is 5.32 Å². The number of ether oxygens (including phenoxy) is 2. The predicted molar refractivity (Wildman–Crippen MR) is 89.1 cm³/mol. The Morgan fingerprint density at radius 2 is 1.82 bits per heavy atom. The number of halogens is 1. The van der Waals surface area contributed by atoms with Crippen molar-refractivity contribution in [3.63, 3.8) is 0 Å². The zero-order valence-corrected chi connectivity index (χ0v) is 13.2. The van der Waals surface area contributed by atoms with Crippen LogP contribution in [0.3, 0.4) is 0 Å². The largest absolute Gasteiger partial charge is 0.490 e. The molecule has 22 heavy (non-hydrogen) atoms. The normalized spacial score (nSPS) is 17.4. The molecule has 0 aromatic heterocycles. The maximum absolute atomic E-state index is 5.90. The molecular weight excluding hydrogens is 298 g/mol. The molecule has 4 heteroatoms. The van der Waals surface area contributed by atoms with Crippen LogP contribution in [0.2, 0.25) is 5.02 Å². The molecule has 0 amide bonds. The van der Waals surface area contributed by atoms with Crippen molar-refractivity contribution in [2.24, 2.45) is 0 Å². The average molecular weight is 318 g/mol. The second-order valence-electron chi connectivity index (χ2n) is 5.43. The molecule has 0 saturated carbocycles. The average Bonchev–Trinajstić information content (AvgIpc) is 3.05. The first-order valence-electron chi connectivity index (χ1n) is 7.70. The van der Waals surface area contributed by atoms with E-state index < -0.39 is 0 Å². The molecule has 1 N–H and O–H groups in total. The van der Waals surface area contributed by atoms with Crippen molar-refractivity contribution in [1.29, 1.82) is 0 Å². The van der Waals surface area contributed by atoms with Gasteiger partial charge in [0, 0.05) is 11.1 Å². The highest BCUT2D eigenvalue weighted by Crippen LogP contribution is 2.31. The minimum atomic E-state index is 0.587. The quantitative estimate of drug-likeness (QED) is 0.841. The highest BCUT2D eigenvalue weighted by molar-refractivity contribution is 6.30. The smallest absolute Gasteiger partial charge is 0.169 e. The number of hydrogen-bond acceptors (Lipinski definition) is 3. The highest BCUT2D eigenvalue weighted by Gasteiger charge is 2.14. The Labute approximate surface area is 136 Å². The van der Waals surface area contributed by atoms with Crippen LogP contribution in [0.1, 0.15) is 19.3 Å². The van der Waals surface area contributed by atoms with Crippen molar-refractivity contribution < 1.29 is 9.47 Å². The molecule has 0 spiro atoms. The lowest BCUT2D eigenvalue weighted by Crippen LogP contribution is -2.23. The summed E-state index contributed by atoms with van der Waals surface area (Å²) in [5.41, 5.74) is 0. The van der Waals surface area contributed by atoms with Gasteiger partial charge in [0.25, 0.3) is 0 Å². The first-order chi connectivity index (χ1) is 10.8. The molecular formula is C18H20ClNO2. The standard InChI is InChI=1S/C18H20ClNO2/c19-14-7-9-16(10-8-14)22-18-6-2-1-5-17(18)21-13-11-15-4-3-12-20-15/h1-2,5-10,15,20H,3-4,11-13H2. The zero-order valence-electron chi connectivity index (χ0n) is 12.4. The Bertz CT molecular complexity index is 594. The molecule has 3 rings (SSSR count). The van der Waals surface area contributed by atoms with Crippen molar-refractivity contribution >= 4 is 11.6 Å². The van der Waals surface area contributed by atoms with E-state index in [1.165, 1.54) is 12.8 Å². The van der Waals surface area contributed by atoms with Crippen molar-refractivity contribution in [2.75, 3.05) is 13.2 Å². The maximum atomic E-state index is 5.90. The van der Waals surface area contributed by atoms with Crippen LogP contribution in [0, 0.1) is 0 Å². The Morgan fingerprint density at radius 3 is 2.55 bits per heavy atom. The second-order valence-corrected chi connectivity index (χ2v) is 5.87. The summed E-state index contributed by atoms with van der Waals surface area (Å²) in [7, 11) is 0. The van der Waals surface area contributed by atoms with E-state index >= 15 is 0 Å². The summed E-state index contributed by atoms with van der Waals surface area (Å²) in [5, 5.41) is 4.17. The van der Waals surface area contributed by atoms with Crippen molar-refractivity contribution in [2.45, 2.75) is 25.3 Å². The molecule has 3 nitrogen and oxygen atoms in total. The predicted octanol–water partition coefficient (Wildman–Crippen LogP) is 4.65. The number of nitrogens with one attached hydrogen (secondary N) is 1. The van der Waals surface area contributed by atoms with Crippen LogP contribution < -0.4 is 14.8 Å². The Balaban J connectivity index is 1.60. The lowest BCUT2D eigenvalue weighted by Gasteiger charge is -2.14. The van der Waals surface area contributed by atoms with Gasteiger partial charge in [-0.2, -0.15) is 0 Å². The molecule has 1 unspecified atom stereocenters. The highest BCUT2D eigenvalue weighted by atomic mass is 35.5. The van der Waals surface area contributed by atoms with Gasteiger partial charge in [-0.05, 0) is 62.2 Å². The molecule has 1 heterocycles. The minimum Gasteiger partial charge on any atom is -0.490 e. The summed E-state index contributed by atoms with van der Waals surface area (Å²) in [6.07, 6.45) is 3.53. The van der Waals surface area contributed by atoms with Crippen molar-refractivity contribution in [3.8, 4) is 17.2 Å². The Hall–Kier alpha value is -1.71. The molecule has 2 aromatic rings. The van der Waals surface area contributed by atoms with Crippen LogP contribution in [0.25, 0.3) is 0 Å². The van der Waals surface area contributed by atoms with E-state index in [4.69, 9.17) is 21.1 Å². The fourth-order valence-corrected chi connectivity index (χ4v) is 2.72. The number of rotatable bonds is 6. The lowest BCUT2D eigenvalue weighted by atomic mass is 10.2. The summed E-state index contributed by atoms with van der Waals surface area (Å²) in [4.78, 5) is 0. The minimum absolute atomic E-state index is 0.587. The number of benzene rings is 2. The van der Waals surface area contributed by atoms with E-state index in [9.17, 15) is 0 Å². The molecule has 0 aliphatic carbocycles. The third kappa shape index (κ3) is 4.15. The van der Waals surface area contributed by atoms with Gasteiger partial charge in [0.15, 0.2) is 11.5 Å². The monoisotopic (exact) mass is 317 g/mol. The van der Waals surface area contributed by atoms with Crippen LogP contribution in [0.15, 0.2) is 48.5 Å². The first kappa shape index (κ1) is 15.2. The maximum Gasteiger partial charge on any atom is 0.169 e. The fraction of sp³-hybridized carbons (Fsp3) is 0.333. The van der Waals surface area contributed by atoms with Crippen LogP contribution in [0.4, 0.5) is 0 Å². The van der Waals surface area contributed by atoms with E-state index in [0.29, 0.717) is 17.7 Å². The topological polar surface area (TPSA) is 30.5 Å². The van der Waals surface area contributed by atoms with Gasteiger partial charge in [-0.3, -0.25) is 0 Å². The van der Waals surface area contributed by atoms with Gasteiger partial charge >= 0.3 is 0 Å². The molecule has 0 bridgehead atoms. The summed E-state index contributed by atoms with van der Waals surface area (Å²) in [6.45, 7) is 1.82. The molecule has 1 fully saturated rings. The molecule has 1 aliphatic heterocycles. The number of para-hydroxylation sites is 2. The fourth-order valence-electron chi connectivity index (χ4n) is 2.60. The molecule has 1 atom stereocenters. The van der Waals surface area contributed by atoms with Crippen LogP contribution in [0.5, 0.6) is 17.2 Å². The van der Waals surface area contributed by atoms with Crippen LogP contribution in [-0.4, -0.2) is 19.2 Å². The second kappa shape index (κ2) is 7.52. The van der Waals surface area contributed by atoms with Gasteiger partial charge in [0.05, 0.1) is 6.61 Å². The SMILES string of the molecule is Clc1ccc(Oc2ccccc2OCCC2CCCN2)cc1. The van der Waals surface area contributed by atoms with E-state index in [0.717, 1.165) is 30.2 Å². The van der Waals surface area contributed by atoms with Crippen LogP contribution in [-0.2, 0) is 0 Å². The van der Waals surface area contributed by atoms with Gasteiger partial charge in [-0.25, -0.2) is 0 Å². The van der Waals surface area contributed by atoms with E-state index in [1.54, 1.807) is 0 Å². The Kier molecular flexibility index (Phi) is 5.20. The third-order valence-electron chi connectivity index (χ3n) is 3.78. The van der Waals surface area contributed by atoms with Gasteiger partial charge in [0.1, 0.15) is 5.75 Å². The first-order valence-corrected chi connectivity index (χ1v) is 8.08. The number of hydrogen-bond donors (Lipinski definition) is 1. The zero-order chi connectivity index (χ0) is 15.2. The Morgan fingerprint density at radius 1 is 1.05 bits per heavy atom. The summed E-state index contributed by atoms with van der Waals surface area (Å²) >= 11 is 5.89. The summed E-state index contributed by atoms with van der Waals surface area (Å²) in [6, 6.07) is 15.7. The van der Waals surface area contributed by atoms with Gasteiger partial charge in [0.2, 0.25) is 0 Å². The van der Waals surface area contributed by atoms with Gasteiger partial charge in [-0.1, -0.05) is 23.7 Å². The van der Waals surface area contributed by atoms with E-state index in [1.807, 2.05) is 48.5 Å². The molecule has 0 radical (unpaired) electrons. The summed E-state index contributed by atoms with van der Waals surface area (Å²) < 4.78 is 11.8. The summed E-state index contributed by atoms with van der Waals surface area (Å²) in [5.74, 6) is 2.25. The lowest BCUT2D eigenvalue weighted by molar-refractivity contribution is 0.281. The van der Waals surface area contributed by atoms with E-state index in [-0.39, 0.29) is 0 Å². The van der Waals surface area contributed by atoms with Crippen molar-refractivity contribution in [1.82, 2.24) is 5.32 Å². The molecule has 116 valence electrons.